The van der Waals surface area contributed by atoms with Gasteiger partial charge in [-0.3, -0.25) is 14.1 Å². The third kappa shape index (κ3) is 3.17. The van der Waals surface area contributed by atoms with Crippen LogP contribution in [-0.2, 0) is 6.54 Å². The van der Waals surface area contributed by atoms with Crippen molar-refractivity contribution >= 4 is 33.6 Å². The van der Waals surface area contributed by atoms with Crippen molar-refractivity contribution in [1.29, 1.82) is 0 Å². The fourth-order valence-corrected chi connectivity index (χ4v) is 3.96. The van der Waals surface area contributed by atoms with E-state index >= 15 is 0 Å². The molecule has 1 saturated heterocycles. The second-order valence-corrected chi connectivity index (χ2v) is 7.19. The zero-order chi connectivity index (χ0) is 16.5. The summed E-state index contributed by atoms with van der Waals surface area (Å²) in [4.78, 5) is 22.1. The molecule has 1 aliphatic rings. The molecule has 7 heteroatoms. The van der Waals surface area contributed by atoms with Gasteiger partial charge in [-0.05, 0) is 18.2 Å². The van der Waals surface area contributed by atoms with Gasteiger partial charge in [-0.1, -0.05) is 17.7 Å². The van der Waals surface area contributed by atoms with Crippen molar-refractivity contribution in [2.45, 2.75) is 6.54 Å². The van der Waals surface area contributed by atoms with Crippen LogP contribution in [0.15, 0.2) is 46.7 Å². The number of nitrogens with zero attached hydrogens (tertiary/aromatic N) is 4. The van der Waals surface area contributed by atoms with E-state index in [9.17, 15) is 4.79 Å². The van der Waals surface area contributed by atoms with Crippen molar-refractivity contribution < 1.29 is 0 Å². The normalized spacial score (nSPS) is 16.0. The molecule has 0 atom stereocenters. The Bertz CT molecular complexity index is 914. The van der Waals surface area contributed by atoms with Gasteiger partial charge in [0.15, 0.2) is 4.96 Å². The maximum Gasteiger partial charge on any atom is 0.258 e. The molecule has 0 saturated carbocycles. The number of rotatable bonds is 3. The molecule has 5 nitrogen and oxygen atoms in total. The molecule has 4 rings (SSSR count). The zero-order valence-electron chi connectivity index (χ0n) is 13.1. The highest BCUT2D eigenvalue weighted by Crippen LogP contribution is 2.21. The van der Waals surface area contributed by atoms with Crippen LogP contribution in [0.4, 0.5) is 5.69 Å². The molecule has 0 N–H and O–H groups in total. The summed E-state index contributed by atoms with van der Waals surface area (Å²) in [5, 5.41) is 2.65. The van der Waals surface area contributed by atoms with Crippen molar-refractivity contribution in [3.63, 3.8) is 0 Å². The predicted octanol–water partition coefficient (Wildman–Crippen LogP) is 2.73. The Balaban J connectivity index is 1.43. The van der Waals surface area contributed by atoms with Crippen LogP contribution >= 0.6 is 22.9 Å². The Morgan fingerprint density at radius 2 is 2.00 bits per heavy atom. The van der Waals surface area contributed by atoms with Gasteiger partial charge in [0.1, 0.15) is 0 Å². The molecule has 1 aromatic carbocycles. The number of thiazole rings is 1. The summed E-state index contributed by atoms with van der Waals surface area (Å²) in [5.41, 5.74) is 2.01. The van der Waals surface area contributed by atoms with Gasteiger partial charge in [-0.25, -0.2) is 4.98 Å². The highest BCUT2D eigenvalue weighted by molar-refractivity contribution is 7.15. The highest BCUT2D eigenvalue weighted by atomic mass is 35.5. The zero-order valence-corrected chi connectivity index (χ0v) is 14.6. The number of aromatic nitrogens is 2. The van der Waals surface area contributed by atoms with Crippen LogP contribution < -0.4 is 10.5 Å². The van der Waals surface area contributed by atoms with Crippen LogP contribution in [-0.4, -0.2) is 40.5 Å². The number of anilines is 1. The average molecular weight is 361 g/mol. The second-order valence-electron chi connectivity index (χ2n) is 5.88. The van der Waals surface area contributed by atoms with Crippen LogP contribution in [0.1, 0.15) is 5.69 Å². The molecule has 3 aromatic rings. The van der Waals surface area contributed by atoms with Crippen molar-refractivity contribution in [1.82, 2.24) is 14.3 Å². The Kier molecular flexibility index (Phi) is 4.26. The van der Waals surface area contributed by atoms with Gasteiger partial charge in [-0.2, -0.15) is 0 Å². The Labute approximate surface area is 148 Å². The maximum absolute atomic E-state index is 12.1. The number of fused-ring (bicyclic) bond motifs is 1. The van der Waals surface area contributed by atoms with E-state index < -0.39 is 0 Å². The molecule has 0 spiro atoms. The van der Waals surface area contributed by atoms with Gasteiger partial charge >= 0.3 is 0 Å². The molecular weight excluding hydrogens is 344 g/mol. The summed E-state index contributed by atoms with van der Waals surface area (Å²) in [6.45, 7) is 4.49. The first-order chi connectivity index (χ1) is 11.7. The van der Waals surface area contributed by atoms with Gasteiger partial charge < -0.3 is 4.90 Å². The Morgan fingerprint density at radius 3 is 2.79 bits per heavy atom. The topological polar surface area (TPSA) is 40.9 Å². The smallest absolute Gasteiger partial charge is 0.258 e. The summed E-state index contributed by atoms with van der Waals surface area (Å²) in [7, 11) is 0. The average Bonchev–Trinajstić information content (AvgIpc) is 3.05. The van der Waals surface area contributed by atoms with Crippen LogP contribution in [0.5, 0.6) is 0 Å². The van der Waals surface area contributed by atoms with Crippen molar-refractivity contribution in [3.05, 3.63) is 63.0 Å². The number of benzene rings is 1. The van der Waals surface area contributed by atoms with E-state index in [1.54, 1.807) is 16.7 Å². The molecular formula is C17H17ClN4OS. The van der Waals surface area contributed by atoms with Crippen LogP contribution in [0.2, 0.25) is 5.02 Å². The van der Waals surface area contributed by atoms with Gasteiger partial charge in [0.2, 0.25) is 0 Å². The summed E-state index contributed by atoms with van der Waals surface area (Å²) < 4.78 is 1.59. The summed E-state index contributed by atoms with van der Waals surface area (Å²) in [6, 6.07) is 9.62. The molecule has 2 aromatic heterocycles. The lowest BCUT2D eigenvalue weighted by molar-refractivity contribution is 0.247. The summed E-state index contributed by atoms with van der Waals surface area (Å²) >= 11 is 7.57. The van der Waals surface area contributed by atoms with E-state index in [0.29, 0.717) is 6.54 Å². The number of halogens is 1. The number of hydrogen-bond acceptors (Lipinski definition) is 5. The minimum atomic E-state index is -0.00573. The molecule has 3 heterocycles. The number of piperazine rings is 1. The van der Waals surface area contributed by atoms with E-state index in [2.05, 4.69) is 20.9 Å². The summed E-state index contributed by atoms with van der Waals surface area (Å²) in [6.07, 6.45) is 1.77. The van der Waals surface area contributed by atoms with Gasteiger partial charge in [0.25, 0.3) is 5.56 Å². The molecule has 124 valence electrons. The lowest BCUT2D eigenvalue weighted by Crippen LogP contribution is -2.46. The third-order valence-corrected chi connectivity index (χ3v) is 5.28. The van der Waals surface area contributed by atoms with E-state index in [1.165, 1.54) is 17.0 Å². The van der Waals surface area contributed by atoms with Gasteiger partial charge in [0, 0.05) is 61.1 Å². The SMILES string of the molecule is O=c1cc(CN2CCN(c3cccc(Cl)c3)CC2)nc2sccn12. The van der Waals surface area contributed by atoms with Gasteiger partial charge in [0.05, 0.1) is 5.69 Å². The molecule has 24 heavy (non-hydrogen) atoms. The first-order valence-corrected chi connectivity index (χ1v) is 9.13. The second kappa shape index (κ2) is 6.55. The monoisotopic (exact) mass is 360 g/mol. The fourth-order valence-electron chi connectivity index (χ4n) is 3.03. The first kappa shape index (κ1) is 15.6. The van der Waals surface area contributed by atoms with Crippen molar-refractivity contribution in [3.8, 4) is 0 Å². The molecule has 1 fully saturated rings. The summed E-state index contributed by atoms with van der Waals surface area (Å²) in [5.74, 6) is 0. The van der Waals surface area contributed by atoms with E-state index in [1.807, 2.05) is 23.6 Å². The maximum atomic E-state index is 12.1. The third-order valence-electron chi connectivity index (χ3n) is 4.29. The largest absolute Gasteiger partial charge is 0.369 e. The molecule has 0 unspecified atom stereocenters. The minimum absolute atomic E-state index is 0.00573. The minimum Gasteiger partial charge on any atom is -0.369 e. The molecule has 0 aliphatic carbocycles. The molecule has 0 radical (unpaired) electrons. The quantitative estimate of drug-likeness (QED) is 0.720. The van der Waals surface area contributed by atoms with Crippen LogP contribution in [0.25, 0.3) is 4.96 Å². The van der Waals surface area contributed by atoms with Crippen molar-refractivity contribution in [2.75, 3.05) is 31.1 Å². The van der Waals surface area contributed by atoms with E-state index in [4.69, 9.17) is 11.6 Å². The van der Waals surface area contributed by atoms with Crippen molar-refractivity contribution in [2.24, 2.45) is 0 Å². The fraction of sp³-hybridized carbons (Fsp3) is 0.294. The van der Waals surface area contributed by atoms with E-state index in [0.717, 1.165) is 41.9 Å². The Morgan fingerprint density at radius 1 is 1.17 bits per heavy atom. The molecule has 1 aliphatic heterocycles. The molecule has 0 amide bonds. The van der Waals surface area contributed by atoms with E-state index in [-0.39, 0.29) is 5.56 Å². The van der Waals surface area contributed by atoms with Crippen LogP contribution in [0.3, 0.4) is 0 Å². The van der Waals surface area contributed by atoms with Gasteiger partial charge in [-0.15, -0.1) is 11.3 Å². The Hall–Kier alpha value is -1.89. The van der Waals surface area contributed by atoms with Crippen LogP contribution in [0, 0.1) is 0 Å². The predicted molar refractivity (Wildman–Crippen MR) is 98.3 cm³/mol. The molecule has 0 bridgehead atoms. The first-order valence-electron chi connectivity index (χ1n) is 7.88. The highest BCUT2D eigenvalue weighted by Gasteiger charge is 2.18. The number of hydrogen-bond donors (Lipinski definition) is 0. The lowest BCUT2D eigenvalue weighted by atomic mass is 10.2. The standard InChI is InChI=1S/C17H17ClN4OS/c18-13-2-1-3-15(10-13)21-6-4-20(5-7-21)12-14-11-16(23)22-8-9-24-17(22)19-14/h1-3,8-11H,4-7,12H2. The lowest BCUT2D eigenvalue weighted by Gasteiger charge is -2.36.